The van der Waals surface area contributed by atoms with Gasteiger partial charge in [0.2, 0.25) is 10.0 Å². The molecule has 1 aliphatic carbocycles. The van der Waals surface area contributed by atoms with Crippen LogP contribution < -0.4 is 5.32 Å². The molecule has 0 spiro atoms. The summed E-state index contributed by atoms with van der Waals surface area (Å²) in [5.41, 5.74) is 0.982. The molecule has 1 N–H and O–H groups in total. The molecule has 3 rings (SSSR count). The second-order valence-corrected chi connectivity index (χ2v) is 8.94. The van der Waals surface area contributed by atoms with Crippen molar-refractivity contribution in [2.24, 2.45) is 5.92 Å². The van der Waals surface area contributed by atoms with Crippen LogP contribution in [0.2, 0.25) is 0 Å². The highest BCUT2D eigenvalue weighted by atomic mass is 35.5. The molecular formula is C18H27ClN2O4S. The van der Waals surface area contributed by atoms with Gasteiger partial charge in [-0.25, -0.2) is 17.5 Å². The first-order chi connectivity index (χ1) is 12.0. The van der Waals surface area contributed by atoms with Gasteiger partial charge in [0.15, 0.2) is 0 Å². The summed E-state index contributed by atoms with van der Waals surface area (Å²) in [6.07, 6.45) is 4.36. The number of piperidine rings is 1. The minimum absolute atomic E-state index is 0. The van der Waals surface area contributed by atoms with Crippen LogP contribution >= 0.6 is 12.4 Å². The summed E-state index contributed by atoms with van der Waals surface area (Å²) in [5, 5.41) is 3.56. The van der Waals surface area contributed by atoms with Crippen LogP contribution in [0, 0.1) is 5.92 Å². The molecule has 1 saturated carbocycles. The normalized spacial score (nSPS) is 19.0. The maximum absolute atomic E-state index is 12.7. The molecule has 2 aliphatic rings. The molecule has 1 aliphatic heterocycles. The molecule has 2 fully saturated rings. The number of sulfonamides is 1. The van der Waals surface area contributed by atoms with Crippen molar-refractivity contribution in [3.8, 4) is 0 Å². The van der Waals surface area contributed by atoms with Crippen LogP contribution in [-0.4, -0.2) is 51.5 Å². The van der Waals surface area contributed by atoms with E-state index in [1.807, 2.05) is 0 Å². The van der Waals surface area contributed by atoms with Gasteiger partial charge in [0.1, 0.15) is 0 Å². The zero-order valence-corrected chi connectivity index (χ0v) is 16.7. The average molecular weight is 403 g/mol. The standard InChI is InChI=1S/C18H26N2O4S.ClH/c1-24-18(21)16-4-2-3-15(11-16)13-25(22,23)20-9-7-17(8-10-20)19-12-14-5-6-14;/h2-4,11,14,17,19H,5-10,12-13H2,1H3;1H. The molecule has 1 aromatic rings. The molecule has 8 heteroatoms. The quantitative estimate of drug-likeness (QED) is 0.707. The van der Waals surface area contributed by atoms with Crippen LogP contribution in [0.3, 0.4) is 0 Å². The van der Waals surface area contributed by atoms with Crippen molar-refractivity contribution in [1.82, 2.24) is 9.62 Å². The Morgan fingerprint density at radius 3 is 2.54 bits per heavy atom. The lowest BCUT2D eigenvalue weighted by Gasteiger charge is -2.31. The minimum Gasteiger partial charge on any atom is -0.465 e. The van der Waals surface area contributed by atoms with E-state index in [-0.39, 0.29) is 18.2 Å². The van der Waals surface area contributed by atoms with Crippen molar-refractivity contribution >= 4 is 28.4 Å². The number of nitrogens with zero attached hydrogens (tertiary/aromatic N) is 1. The molecule has 0 radical (unpaired) electrons. The number of carbonyl (C=O) groups is 1. The topological polar surface area (TPSA) is 75.7 Å². The Morgan fingerprint density at radius 2 is 1.92 bits per heavy atom. The zero-order valence-electron chi connectivity index (χ0n) is 15.0. The summed E-state index contributed by atoms with van der Waals surface area (Å²) in [5.74, 6) is 0.295. The number of rotatable bonds is 7. The van der Waals surface area contributed by atoms with Gasteiger partial charge in [-0.2, -0.15) is 0 Å². The lowest BCUT2D eigenvalue weighted by molar-refractivity contribution is 0.0600. The maximum atomic E-state index is 12.7. The number of ether oxygens (including phenoxy) is 1. The molecule has 1 saturated heterocycles. The number of carbonyl (C=O) groups excluding carboxylic acids is 1. The second-order valence-electron chi connectivity index (χ2n) is 6.97. The Morgan fingerprint density at radius 1 is 1.23 bits per heavy atom. The molecule has 1 heterocycles. The summed E-state index contributed by atoms with van der Waals surface area (Å²) < 4.78 is 31.6. The minimum atomic E-state index is -3.37. The lowest BCUT2D eigenvalue weighted by atomic mass is 10.1. The number of benzene rings is 1. The number of halogens is 1. The van der Waals surface area contributed by atoms with E-state index in [0.29, 0.717) is 30.3 Å². The first-order valence-electron chi connectivity index (χ1n) is 8.86. The predicted molar refractivity (Wildman–Crippen MR) is 103 cm³/mol. The molecule has 6 nitrogen and oxygen atoms in total. The van der Waals surface area contributed by atoms with E-state index in [1.165, 1.54) is 20.0 Å². The Hall–Kier alpha value is -1.15. The monoisotopic (exact) mass is 402 g/mol. The van der Waals surface area contributed by atoms with Gasteiger partial charge >= 0.3 is 5.97 Å². The van der Waals surface area contributed by atoms with Crippen molar-refractivity contribution in [2.45, 2.75) is 37.5 Å². The van der Waals surface area contributed by atoms with Gasteiger partial charge in [-0.05, 0) is 55.8 Å². The molecule has 0 aromatic heterocycles. The zero-order chi connectivity index (χ0) is 17.9. The van der Waals surface area contributed by atoms with Crippen LogP contribution in [-0.2, 0) is 20.5 Å². The fourth-order valence-electron chi connectivity index (χ4n) is 3.20. The smallest absolute Gasteiger partial charge is 0.337 e. The first kappa shape index (κ1) is 21.2. The largest absolute Gasteiger partial charge is 0.465 e. The summed E-state index contributed by atoms with van der Waals surface area (Å²) in [7, 11) is -2.06. The van der Waals surface area contributed by atoms with Crippen molar-refractivity contribution in [2.75, 3.05) is 26.7 Å². The van der Waals surface area contributed by atoms with Crippen LogP contribution in [0.1, 0.15) is 41.6 Å². The molecule has 146 valence electrons. The SMILES string of the molecule is COC(=O)c1cccc(CS(=O)(=O)N2CCC(NCC3CC3)CC2)c1.Cl. The highest BCUT2D eigenvalue weighted by Gasteiger charge is 2.29. The fraction of sp³-hybridized carbons (Fsp3) is 0.611. The van der Waals surface area contributed by atoms with E-state index in [0.717, 1.165) is 25.3 Å². The van der Waals surface area contributed by atoms with Gasteiger partial charge in [0.05, 0.1) is 18.4 Å². The molecule has 1 aromatic carbocycles. The molecule has 0 atom stereocenters. The van der Waals surface area contributed by atoms with Crippen LogP contribution in [0.5, 0.6) is 0 Å². The molecule has 0 unspecified atom stereocenters. The molecular weight excluding hydrogens is 376 g/mol. The van der Waals surface area contributed by atoms with E-state index < -0.39 is 16.0 Å². The van der Waals surface area contributed by atoms with E-state index in [1.54, 1.807) is 28.6 Å². The van der Waals surface area contributed by atoms with Gasteiger partial charge in [-0.15, -0.1) is 12.4 Å². The first-order valence-corrected chi connectivity index (χ1v) is 10.5. The lowest BCUT2D eigenvalue weighted by Crippen LogP contribution is -2.45. The summed E-state index contributed by atoms with van der Waals surface area (Å²) in [6.45, 7) is 2.18. The third kappa shape index (κ3) is 5.67. The third-order valence-corrected chi connectivity index (χ3v) is 6.79. The van der Waals surface area contributed by atoms with Crippen LogP contribution in [0.25, 0.3) is 0 Å². The van der Waals surface area contributed by atoms with E-state index >= 15 is 0 Å². The van der Waals surface area contributed by atoms with Gasteiger partial charge in [0, 0.05) is 19.1 Å². The summed E-state index contributed by atoms with van der Waals surface area (Å²) >= 11 is 0. The molecule has 26 heavy (non-hydrogen) atoms. The number of nitrogens with one attached hydrogen (secondary N) is 1. The molecule has 0 bridgehead atoms. The van der Waals surface area contributed by atoms with Gasteiger partial charge in [-0.3, -0.25) is 0 Å². The van der Waals surface area contributed by atoms with E-state index in [2.05, 4.69) is 10.1 Å². The van der Waals surface area contributed by atoms with Crippen molar-refractivity contribution in [3.63, 3.8) is 0 Å². The van der Waals surface area contributed by atoms with Gasteiger partial charge in [-0.1, -0.05) is 12.1 Å². The van der Waals surface area contributed by atoms with Crippen LogP contribution in [0.4, 0.5) is 0 Å². The third-order valence-electron chi connectivity index (χ3n) is 4.94. The highest BCUT2D eigenvalue weighted by molar-refractivity contribution is 7.88. The van der Waals surface area contributed by atoms with Crippen molar-refractivity contribution in [1.29, 1.82) is 0 Å². The second kappa shape index (κ2) is 9.17. The van der Waals surface area contributed by atoms with Crippen molar-refractivity contribution < 1.29 is 17.9 Å². The Labute approximate surface area is 161 Å². The Kier molecular flexibility index (Phi) is 7.46. The van der Waals surface area contributed by atoms with Crippen LogP contribution in [0.15, 0.2) is 24.3 Å². The maximum Gasteiger partial charge on any atom is 0.337 e. The van der Waals surface area contributed by atoms with Gasteiger partial charge in [0.25, 0.3) is 0 Å². The van der Waals surface area contributed by atoms with Gasteiger partial charge < -0.3 is 10.1 Å². The fourth-order valence-corrected chi connectivity index (χ4v) is 4.75. The van der Waals surface area contributed by atoms with E-state index in [4.69, 9.17) is 0 Å². The highest BCUT2D eigenvalue weighted by Crippen LogP contribution is 2.28. The van der Waals surface area contributed by atoms with Crippen molar-refractivity contribution in [3.05, 3.63) is 35.4 Å². The summed E-state index contributed by atoms with van der Waals surface area (Å²) in [4.78, 5) is 11.6. The Balaban J connectivity index is 0.00000243. The number of methoxy groups -OCH3 is 1. The van der Waals surface area contributed by atoms with E-state index in [9.17, 15) is 13.2 Å². The number of esters is 1. The number of hydrogen-bond donors (Lipinski definition) is 1. The average Bonchev–Trinajstić information content (AvgIpc) is 3.44. The molecule has 0 amide bonds. The Bertz CT molecular complexity index is 714. The summed E-state index contributed by atoms with van der Waals surface area (Å²) in [6, 6.07) is 7.06. The predicted octanol–water partition coefficient (Wildman–Crippen LogP) is 2.19. The number of hydrogen-bond acceptors (Lipinski definition) is 5.